The van der Waals surface area contributed by atoms with Crippen molar-refractivity contribution in [2.24, 2.45) is 0 Å². The zero-order chi connectivity index (χ0) is 13.0. The predicted molar refractivity (Wildman–Crippen MR) is 72.2 cm³/mol. The van der Waals surface area contributed by atoms with Gasteiger partial charge in [-0.2, -0.15) is 16.6 Å². The van der Waals surface area contributed by atoms with Gasteiger partial charge in [0.15, 0.2) is 0 Å². The molecular weight excluding hydrogens is 246 g/mol. The first kappa shape index (κ1) is 12.1. The topological polar surface area (TPSA) is 78.9 Å². The van der Waals surface area contributed by atoms with Crippen LogP contribution in [0.3, 0.4) is 0 Å². The maximum atomic E-state index is 11.8. The molecule has 1 aromatic carbocycles. The number of nitrogens with one attached hydrogen (secondary N) is 1. The van der Waals surface area contributed by atoms with E-state index in [4.69, 9.17) is 11.0 Å². The molecule has 1 aromatic heterocycles. The normalized spacial score (nSPS) is 9.72. The molecule has 0 bridgehead atoms. The summed E-state index contributed by atoms with van der Waals surface area (Å²) in [4.78, 5) is 11.8. The SMILES string of the molecule is N#Cc1cc(N)ccc1NC(=O)Cc1ccsc1. The quantitative estimate of drug-likeness (QED) is 0.828. The molecular formula is C13H11N3OS. The van der Waals surface area contributed by atoms with Gasteiger partial charge in [0.1, 0.15) is 6.07 Å². The minimum atomic E-state index is -0.144. The van der Waals surface area contributed by atoms with Crippen LogP contribution in [0.15, 0.2) is 35.0 Å². The summed E-state index contributed by atoms with van der Waals surface area (Å²) in [6.07, 6.45) is 0.304. The minimum absolute atomic E-state index is 0.144. The molecule has 0 spiro atoms. The van der Waals surface area contributed by atoms with Gasteiger partial charge >= 0.3 is 0 Å². The van der Waals surface area contributed by atoms with E-state index in [9.17, 15) is 4.79 Å². The fourth-order valence-electron chi connectivity index (χ4n) is 1.54. The van der Waals surface area contributed by atoms with Crippen LogP contribution in [0.25, 0.3) is 0 Å². The van der Waals surface area contributed by atoms with Gasteiger partial charge in [-0.1, -0.05) is 0 Å². The molecule has 0 aliphatic carbocycles. The van der Waals surface area contributed by atoms with Gasteiger partial charge in [0.05, 0.1) is 17.7 Å². The second-order valence-corrected chi connectivity index (χ2v) is 4.55. The summed E-state index contributed by atoms with van der Waals surface area (Å²) in [6, 6.07) is 8.74. The van der Waals surface area contributed by atoms with Crippen LogP contribution in [-0.4, -0.2) is 5.91 Å². The third-order valence-electron chi connectivity index (χ3n) is 2.38. The molecule has 2 aromatic rings. The largest absolute Gasteiger partial charge is 0.399 e. The summed E-state index contributed by atoms with van der Waals surface area (Å²) in [5.41, 5.74) is 7.91. The molecule has 2 rings (SSSR count). The molecule has 0 atom stereocenters. The number of amides is 1. The number of nitrogens with two attached hydrogens (primary N) is 1. The zero-order valence-corrected chi connectivity index (χ0v) is 10.3. The van der Waals surface area contributed by atoms with Crippen LogP contribution in [0.5, 0.6) is 0 Å². The van der Waals surface area contributed by atoms with Gasteiger partial charge in [-0.05, 0) is 40.6 Å². The van der Waals surface area contributed by atoms with Gasteiger partial charge in [-0.25, -0.2) is 0 Å². The van der Waals surface area contributed by atoms with Crippen molar-refractivity contribution in [3.05, 3.63) is 46.2 Å². The summed E-state index contributed by atoms with van der Waals surface area (Å²) in [5, 5.41) is 15.5. The van der Waals surface area contributed by atoms with Gasteiger partial charge in [-0.15, -0.1) is 0 Å². The fourth-order valence-corrected chi connectivity index (χ4v) is 2.21. The molecule has 0 aliphatic heterocycles. The Balaban J connectivity index is 2.10. The zero-order valence-electron chi connectivity index (χ0n) is 9.51. The molecule has 1 heterocycles. The molecule has 0 fully saturated rings. The number of nitrogen functional groups attached to an aromatic ring is 1. The predicted octanol–water partition coefficient (Wildman–Crippen LogP) is 2.38. The van der Waals surface area contributed by atoms with Crippen molar-refractivity contribution in [3.8, 4) is 6.07 Å². The molecule has 0 unspecified atom stereocenters. The number of thiophene rings is 1. The highest BCUT2D eigenvalue weighted by molar-refractivity contribution is 7.08. The molecule has 3 N–H and O–H groups in total. The summed E-state index contributed by atoms with van der Waals surface area (Å²) >= 11 is 1.55. The third-order valence-corrected chi connectivity index (χ3v) is 3.11. The molecule has 18 heavy (non-hydrogen) atoms. The molecule has 0 aliphatic rings. The van der Waals surface area contributed by atoms with Crippen LogP contribution < -0.4 is 11.1 Å². The van der Waals surface area contributed by atoms with Crippen molar-refractivity contribution in [3.63, 3.8) is 0 Å². The number of carbonyl (C=O) groups excluding carboxylic acids is 1. The summed E-state index contributed by atoms with van der Waals surface area (Å²) in [7, 11) is 0. The summed E-state index contributed by atoms with van der Waals surface area (Å²) in [5.74, 6) is -0.144. The van der Waals surface area contributed by atoms with Crippen LogP contribution in [0.1, 0.15) is 11.1 Å². The van der Waals surface area contributed by atoms with E-state index in [1.165, 1.54) is 0 Å². The van der Waals surface area contributed by atoms with E-state index in [-0.39, 0.29) is 5.91 Å². The molecule has 5 heteroatoms. The average Bonchev–Trinajstić information content (AvgIpc) is 2.84. The van der Waals surface area contributed by atoms with E-state index in [2.05, 4.69) is 5.32 Å². The third kappa shape index (κ3) is 2.87. The second-order valence-electron chi connectivity index (χ2n) is 3.77. The van der Waals surface area contributed by atoms with Gasteiger partial charge < -0.3 is 11.1 Å². The van der Waals surface area contributed by atoms with Crippen molar-refractivity contribution in [2.45, 2.75) is 6.42 Å². The smallest absolute Gasteiger partial charge is 0.228 e. The Kier molecular flexibility index (Phi) is 3.60. The number of rotatable bonds is 3. The lowest BCUT2D eigenvalue weighted by Gasteiger charge is -2.07. The minimum Gasteiger partial charge on any atom is -0.399 e. The number of anilines is 2. The lowest BCUT2D eigenvalue weighted by Crippen LogP contribution is -2.15. The standard InChI is InChI=1S/C13H11N3OS/c14-7-10-6-11(15)1-2-12(10)16-13(17)5-9-3-4-18-8-9/h1-4,6,8H,5,15H2,(H,16,17). The van der Waals surface area contributed by atoms with Gasteiger partial charge in [0.2, 0.25) is 5.91 Å². The molecule has 1 amide bonds. The summed E-state index contributed by atoms with van der Waals surface area (Å²) in [6.45, 7) is 0. The van der Waals surface area contributed by atoms with Crippen LogP contribution in [0.4, 0.5) is 11.4 Å². The number of nitrogens with zero attached hydrogens (tertiary/aromatic N) is 1. The average molecular weight is 257 g/mol. The van der Waals surface area contributed by atoms with E-state index in [1.54, 1.807) is 29.5 Å². The Bertz CT molecular complexity index is 599. The fraction of sp³-hybridized carbons (Fsp3) is 0.0769. The number of nitriles is 1. The Hall–Kier alpha value is -2.32. The maximum Gasteiger partial charge on any atom is 0.228 e. The van der Waals surface area contributed by atoms with E-state index in [0.29, 0.717) is 23.4 Å². The van der Waals surface area contributed by atoms with E-state index in [1.807, 2.05) is 22.9 Å². The molecule has 0 radical (unpaired) electrons. The van der Waals surface area contributed by atoms with Crippen LogP contribution in [0, 0.1) is 11.3 Å². The molecule has 0 saturated heterocycles. The Labute approximate surface area is 109 Å². The first-order chi connectivity index (χ1) is 8.69. The highest BCUT2D eigenvalue weighted by Crippen LogP contribution is 2.18. The molecule has 4 nitrogen and oxygen atoms in total. The van der Waals surface area contributed by atoms with Crippen molar-refractivity contribution >= 4 is 28.6 Å². The van der Waals surface area contributed by atoms with Crippen LogP contribution in [-0.2, 0) is 11.2 Å². The Morgan fingerprint density at radius 2 is 2.28 bits per heavy atom. The first-order valence-electron chi connectivity index (χ1n) is 5.29. The highest BCUT2D eigenvalue weighted by atomic mass is 32.1. The first-order valence-corrected chi connectivity index (χ1v) is 6.24. The lowest BCUT2D eigenvalue weighted by atomic mass is 10.1. The van der Waals surface area contributed by atoms with Crippen molar-refractivity contribution < 1.29 is 4.79 Å². The number of hydrogen-bond donors (Lipinski definition) is 2. The van der Waals surface area contributed by atoms with E-state index >= 15 is 0 Å². The van der Waals surface area contributed by atoms with E-state index < -0.39 is 0 Å². The van der Waals surface area contributed by atoms with E-state index in [0.717, 1.165) is 5.56 Å². The van der Waals surface area contributed by atoms with Crippen molar-refractivity contribution in [1.29, 1.82) is 5.26 Å². The maximum absolute atomic E-state index is 11.8. The summed E-state index contributed by atoms with van der Waals surface area (Å²) < 4.78 is 0. The molecule has 0 saturated carbocycles. The van der Waals surface area contributed by atoms with Crippen molar-refractivity contribution in [2.75, 3.05) is 11.1 Å². The second kappa shape index (κ2) is 5.34. The van der Waals surface area contributed by atoms with Gasteiger partial charge in [0.25, 0.3) is 0 Å². The monoisotopic (exact) mass is 257 g/mol. The van der Waals surface area contributed by atoms with Crippen LogP contribution >= 0.6 is 11.3 Å². The highest BCUT2D eigenvalue weighted by Gasteiger charge is 2.08. The van der Waals surface area contributed by atoms with Crippen LogP contribution in [0.2, 0.25) is 0 Å². The van der Waals surface area contributed by atoms with Gasteiger partial charge in [-0.3, -0.25) is 4.79 Å². The number of carbonyl (C=O) groups is 1. The lowest BCUT2D eigenvalue weighted by molar-refractivity contribution is -0.115. The van der Waals surface area contributed by atoms with Crippen molar-refractivity contribution in [1.82, 2.24) is 0 Å². The Morgan fingerprint density at radius 1 is 1.44 bits per heavy atom. The Morgan fingerprint density at radius 3 is 2.94 bits per heavy atom. The van der Waals surface area contributed by atoms with Gasteiger partial charge in [0, 0.05) is 5.69 Å². The number of benzene rings is 1. The number of hydrogen-bond acceptors (Lipinski definition) is 4. The molecule has 90 valence electrons.